The number of aromatic nitrogens is 2. The molecule has 0 radical (unpaired) electrons. The number of hydrogen-bond donors (Lipinski definition) is 2. The molecule has 2 N–H and O–H groups in total. The Morgan fingerprint density at radius 1 is 0.710 bits per heavy atom. The van der Waals surface area contributed by atoms with Crippen LogP contribution in [0.2, 0.25) is 0 Å². The second-order valence-corrected chi connectivity index (χ2v) is 16.2. The van der Waals surface area contributed by atoms with Crippen molar-refractivity contribution in [2.24, 2.45) is 10.9 Å². The highest BCUT2D eigenvalue weighted by Gasteiger charge is 2.38. The lowest BCUT2D eigenvalue weighted by atomic mass is 9.93. The SMILES string of the molecule is COC(=O)C[C@H](Cc1ccccc1)C(=O)N1CCC[C@H]1C1=NC=C(c2ccc(-c3ccc(-c4cnc([C@@H]5CCCN5C(=O)[C@@H](Cc5ccccc5)NC(=O)OC)[nH]4)cc3)cc2)C1. The van der Waals surface area contributed by atoms with Gasteiger partial charge in [0, 0.05) is 37.8 Å². The van der Waals surface area contributed by atoms with Crippen molar-refractivity contribution in [1.29, 1.82) is 0 Å². The Morgan fingerprint density at radius 3 is 1.92 bits per heavy atom. The predicted octanol–water partition coefficient (Wildman–Crippen LogP) is 7.97. The lowest BCUT2D eigenvalue weighted by Crippen LogP contribution is -2.49. The number of methoxy groups -OCH3 is 2. The molecule has 0 bridgehead atoms. The van der Waals surface area contributed by atoms with E-state index in [4.69, 9.17) is 19.5 Å². The third-order valence-corrected chi connectivity index (χ3v) is 12.3. The number of allylic oxidation sites excluding steroid dienone is 1. The Bertz CT molecular complexity index is 2430. The molecule has 2 fully saturated rings. The van der Waals surface area contributed by atoms with E-state index in [9.17, 15) is 19.2 Å². The average molecular weight is 833 g/mol. The summed E-state index contributed by atoms with van der Waals surface area (Å²) in [6.07, 6.45) is 7.97. The van der Waals surface area contributed by atoms with E-state index in [0.29, 0.717) is 38.2 Å². The highest BCUT2D eigenvalue weighted by atomic mass is 16.5. The highest BCUT2D eigenvalue weighted by Crippen LogP contribution is 2.35. The Labute approximate surface area is 362 Å². The number of aliphatic imine (C=N–C) groups is 1. The number of rotatable bonds is 14. The number of carbonyl (C=O) groups is 4. The van der Waals surface area contributed by atoms with E-state index in [-0.39, 0.29) is 36.3 Å². The van der Waals surface area contributed by atoms with Gasteiger partial charge in [-0.1, -0.05) is 109 Å². The van der Waals surface area contributed by atoms with Crippen LogP contribution in [0.15, 0.2) is 127 Å². The third-order valence-electron chi connectivity index (χ3n) is 12.3. The lowest BCUT2D eigenvalue weighted by Gasteiger charge is -2.29. The van der Waals surface area contributed by atoms with Crippen LogP contribution >= 0.6 is 0 Å². The number of imidazole rings is 1. The number of aromatic amines is 1. The average Bonchev–Trinajstić information content (AvgIpc) is 4.16. The van der Waals surface area contributed by atoms with E-state index < -0.39 is 18.1 Å². The first kappa shape index (κ1) is 41.9. The van der Waals surface area contributed by atoms with Crippen LogP contribution < -0.4 is 5.32 Å². The molecule has 4 atom stereocenters. The van der Waals surface area contributed by atoms with Crippen LogP contribution in [0.5, 0.6) is 0 Å². The summed E-state index contributed by atoms with van der Waals surface area (Å²) < 4.78 is 9.82. The first-order valence-corrected chi connectivity index (χ1v) is 21.4. The minimum Gasteiger partial charge on any atom is -0.469 e. The van der Waals surface area contributed by atoms with Crippen LogP contribution in [0, 0.1) is 5.92 Å². The largest absolute Gasteiger partial charge is 0.469 e. The quantitative estimate of drug-likeness (QED) is 0.108. The summed E-state index contributed by atoms with van der Waals surface area (Å²) in [5, 5.41) is 2.75. The molecule has 1 aromatic heterocycles. The van der Waals surface area contributed by atoms with Crippen LogP contribution in [0.25, 0.3) is 28.0 Å². The molecule has 3 aliphatic rings. The van der Waals surface area contributed by atoms with Crippen molar-refractivity contribution in [3.05, 3.63) is 144 Å². The van der Waals surface area contributed by atoms with Crippen LogP contribution in [0.4, 0.5) is 4.79 Å². The zero-order chi connectivity index (χ0) is 43.0. The Kier molecular flexibility index (Phi) is 13.0. The normalized spacial score (nSPS) is 18.2. The molecule has 12 heteroatoms. The molecule has 4 aromatic carbocycles. The number of benzene rings is 4. The second kappa shape index (κ2) is 19.3. The Balaban J connectivity index is 0.887. The number of H-pyrrole nitrogens is 1. The molecular formula is C50H52N6O6. The van der Waals surface area contributed by atoms with Gasteiger partial charge in [0.1, 0.15) is 11.9 Å². The van der Waals surface area contributed by atoms with Gasteiger partial charge >= 0.3 is 12.1 Å². The van der Waals surface area contributed by atoms with E-state index in [2.05, 4.69) is 58.8 Å². The molecule has 0 saturated carbocycles. The Hall–Kier alpha value is -6.82. The lowest BCUT2D eigenvalue weighted by molar-refractivity contribution is -0.146. The van der Waals surface area contributed by atoms with Crippen molar-refractivity contribution < 1.29 is 28.7 Å². The van der Waals surface area contributed by atoms with Crippen LogP contribution in [0.3, 0.4) is 0 Å². The van der Waals surface area contributed by atoms with Gasteiger partial charge in [-0.25, -0.2) is 9.78 Å². The summed E-state index contributed by atoms with van der Waals surface area (Å²) >= 11 is 0. The molecule has 3 amide bonds. The van der Waals surface area contributed by atoms with Crippen molar-refractivity contribution in [2.75, 3.05) is 27.3 Å². The number of alkyl carbamates (subject to hydrolysis) is 1. The fraction of sp³-hybridized carbons (Fsp3) is 0.320. The summed E-state index contributed by atoms with van der Waals surface area (Å²) in [6, 6.07) is 35.2. The fourth-order valence-corrected chi connectivity index (χ4v) is 9.01. The van der Waals surface area contributed by atoms with Gasteiger partial charge in [0.05, 0.1) is 50.5 Å². The summed E-state index contributed by atoms with van der Waals surface area (Å²) in [4.78, 5) is 69.3. The number of carbonyl (C=O) groups excluding carboxylic acids is 4. The van der Waals surface area contributed by atoms with E-state index in [1.165, 1.54) is 14.2 Å². The molecule has 62 heavy (non-hydrogen) atoms. The van der Waals surface area contributed by atoms with Crippen molar-refractivity contribution in [3.8, 4) is 22.4 Å². The molecule has 8 rings (SSSR count). The van der Waals surface area contributed by atoms with Gasteiger partial charge in [-0.15, -0.1) is 0 Å². The first-order valence-electron chi connectivity index (χ1n) is 21.4. The maximum atomic E-state index is 14.0. The molecule has 2 saturated heterocycles. The molecule has 4 heterocycles. The van der Waals surface area contributed by atoms with Gasteiger partial charge < -0.3 is 29.6 Å². The molecule has 0 aliphatic carbocycles. The van der Waals surface area contributed by atoms with Crippen molar-refractivity contribution in [3.63, 3.8) is 0 Å². The molecule has 12 nitrogen and oxygen atoms in total. The zero-order valence-corrected chi connectivity index (χ0v) is 35.2. The van der Waals surface area contributed by atoms with E-state index in [1.54, 1.807) is 0 Å². The van der Waals surface area contributed by atoms with Gasteiger partial charge in [-0.3, -0.25) is 19.4 Å². The van der Waals surface area contributed by atoms with Crippen molar-refractivity contribution >= 4 is 35.2 Å². The maximum absolute atomic E-state index is 14.0. The molecular weight excluding hydrogens is 781 g/mol. The number of nitrogens with one attached hydrogen (secondary N) is 2. The first-order chi connectivity index (χ1) is 30.3. The fourth-order valence-electron chi connectivity index (χ4n) is 9.01. The van der Waals surface area contributed by atoms with Gasteiger partial charge in [0.25, 0.3) is 0 Å². The molecule has 0 spiro atoms. The smallest absolute Gasteiger partial charge is 0.407 e. The van der Waals surface area contributed by atoms with E-state index >= 15 is 0 Å². The molecule has 0 unspecified atom stereocenters. The summed E-state index contributed by atoms with van der Waals surface area (Å²) in [5.74, 6) is -0.350. The number of ether oxygens (including phenoxy) is 2. The predicted molar refractivity (Wildman–Crippen MR) is 238 cm³/mol. The van der Waals surface area contributed by atoms with E-state index in [0.717, 1.165) is 76.0 Å². The van der Waals surface area contributed by atoms with Crippen molar-refractivity contribution in [1.82, 2.24) is 25.1 Å². The number of likely N-dealkylation sites (tertiary alicyclic amines) is 2. The Morgan fingerprint density at radius 2 is 1.29 bits per heavy atom. The van der Waals surface area contributed by atoms with Gasteiger partial charge in [0.2, 0.25) is 11.8 Å². The number of hydrogen-bond acceptors (Lipinski definition) is 8. The van der Waals surface area contributed by atoms with Gasteiger partial charge in [-0.05, 0) is 71.1 Å². The van der Waals surface area contributed by atoms with Crippen LogP contribution in [-0.4, -0.2) is 88.7 Å². The summed E-state index contributed by atoms with van der Waals surface area (Å²) in [6.45, 7) is 1.22. The highest BCUT2D eigenvalue weighted by molar-refractivity contribution is 6.03. The number of nitrogens with zero attached hydrogens (tertiary/aromatic N) is 4. The molecule has 3 aliphatic heterocycles. The standard InChI is InChI=1S/C50H52N6O6/c1-61-46(57)30-39(27-33-11-5-3-6-12-33)48(58)55-25-9-15-44(55)41-29-40(31-51-41)37-19-17-35(18-20-37)36-21-23-38(24-22-36)43-32-52-47(53-43)45-16-10-26-56(45)49(59)42(54-50(60)62-2)28-34-13-7-4-8-14-34/h3-8,11-14,17-24,31-32,39,42,44-45H,9-10,15-16,25-30H2,1-2H3,(H,52,53)(H,54,60)/t39-,42+,44-,45-/m0/s1. The number of esters is 1. The van der Waals surface area contributed by atoms with Crippen molar-refractivity contribution in [2.45, 2.75) is 69.5 Å². The van der Waals surface area contributed by atoms with Gasteiger partial charge in [0.15, 0.2) is 0 Å². The van der Waals surface area contributed by atoms with Gasteiger partial charge in [-0.2, -0.15) is 0 Å². The summed E-state index contributed by atoms with van der Waals surface area (Å²) in [7, 11) is 2.66. The molecule has 5 aromatic rings. The van der Waals surface area contributed by atoms with Crippen LogP contribution in [0.1, 0.15) is 67.1 Å². The third kappa shape index (κ3) is 9.54. The monoisotopic (exact) mass is 832 g/mol. The minimum atomic E-state index is -0.771. The minimum absolute atomic E-state index is 0.0205. The van der Waals surface area contributed by atoms with Crippen LogP contribution in [-0.2, 0) is 36.7 Å². The second-order valence-electron chi connectivity index (χ2n) is 16.2. The molecule has 318 valence electrons. The summed E-state index contributed by atoms with van der Waals surface area (Å²) in [5.41, 5.74) is 9.14. The van der Waals surface area contributed by atoms with E-state index in [1.807, 2.05) is 82.9 Å². The topological polar surface area (TPSA) is 146 Å². The maximum Gasteiger partial charge on any atom is 0.407 e. The number of amides is 3. The zero-order valence-electron chi connectivity index (χ0n) is 35.2.